The Morgan fingerprint density at radius 1 is 1.36 bits per heavy atom. The first-order valence-corrected chi connectivity index (χ1v) is 10.3. The van der Waals surface area contributed by atoms with Crippen molar-refractivity contribution in [2.75, 3.05) is 20.3 Å². The molecule has 0 unspecified atom stereocenters. The minimum atomic E-state index is -0.344. The monoisotopic (exact) mass is 442 g/mol. The Morgan fingerprint density at radius 2 is 2.04 bits per heavy atom. The molecule has 0 spiro atoms. The molecule has 0 aliphatic carbocycles. The predicted octanol–water partition coefficient (Wildman–Crippen LogP) is 4.91. The first kappa shape index (κ1) is 18.8. The van der Waals surface area contributed by atoms with Crippen LogP contribution in [0, 0.1) is 0 Å². The first-order valence-electron chi connectivity index (χ1n) is 7.84. The van der Waals surface area contributed by atoms with Crippen LogP contribution in [0.5, 0.6) is 0 Å². The van der Waals surface area contributed by atoms with Crippen LogP contribution in [0.15, 0.2) is 43.1 Å². The molecule has 0 atom stereocenters. The number of hydrogen-bond donors (Lipinski definition) is 1. The van der Waals surface area contributed by atoms with Gasteiger partial charge in [-0.25, -0.2) is 4.98 Å². The molecule has 1 aliphatic rings. The van der Waals surface area contributed by atoms with Gasteiger partial charge in [-0.3, -0.25) is 0 Å². The van der Waals surface area contributed by atoms with E-state index >= 15 is 0 Å². The van der Waals surface area contributed by atoms with Crippen molar-refractivity contribution in [2.45, 2.75) is 34.5 Å². The van der Waals surface area contributed by atoms with Gasteiger partial charge >= 0.3 is 0 Å². The van der Waals surface area contributed by atoms with Crippen LogP contribution in [-0.4, -0.2) is 36.2 Å². The summed E-state index contributed by atoms with van der Waals surface area (Å²) in [5.41, 5.74) is 1.15. The van der Waals surface area contributed by atoms with Gasteiger partial charge in [0.2, 0.25) is 0 Å². The molecule has 5 nitrogen and oxygen atoms in total. The maximum atomic E-state index is 8.85. The van der Waals surface area contributed by atoms with Gasteiger partial charge in [0.15, 0.2) is 0 Å². The molecule has 2 heterocycles. The largest absolute Gasteiger partial charge is 0.411 e. The maximum Gasteiger partial charge on any atom is 0.131 e. The number of nitrogens with zero attached hydrogens (tertiary/aromatic N) is 2. The molecule has 134 valence electrons. The lowest BCUT2D eigenvalue weighted by Crippen LogP contribution is -2.35. The lowest BCUT2D eigenvalue weighted by molar-refractivity contribution is -0.0948. The van der Waals surface area contributed by atoms with Gasteiger partial charge in [0.25, 0.3) is 0 Å². The highest BCUT2D eigenvalue weighted by Crippen LogP contribution is 2.44. The summed E-state index contributed by atoms with van der Waals surface area (Å²) in [6.45, 7) is 3.16. The summed E-state index contributed by atoms with van der Waals surface area (Å²) < 4.78 is 13.3. The number of thiazole rings is 1. The Balaban J connectivity index is 1.81. The number of aromatic nitrogens is 1. The highest BCUT2D eigenvalue weighted by Gasteiger charge is 2.38. The summed E-state index contributed by atoms with van der Waals surface area (Å²) in [7, 11) is 1.75. The van der Waals surface area contributed by atoms with E-state index in [1.807, 2.05) is 24.3 Å². The van der Waals surface area contributed by atoms with Crippen LogP contribution in [0.1, 0.15) is 30.3 Å². The normalized spacial score (nSPS) is 17.6. The van der Waals surface area contributed by atoms with Crippen LogP contribution >= 0.6 is 39.0 Å². The van der Waals surface area contributed by atoms with Gasteiger partial charge in [-0.1, -0.05) is 29.1 Å². The van der Waals surface area contributed by atoms with Crippen molar-refractivity contribution in [3.63, 3.8) is 0 Å². The van der Waals surface area contributed by atoms with Crippen LogP contribution < -0.4 is 0 Å². The second-order valence-electron chi connectivity index (χ2n) is 5.72. The van der Waals surface area contributed by atoms with E-state index in [-0.39, 0.29) is 5.60 Å². The average molecular weight is 443 g/mol. The molecule has 0 amide bonds. The third-order valence-corrected chi connectivity index (χ3v) is 7.79. The molecule has 2 aromatic rings. The number of hydrogen-bond acceptors (Lipinski definition) is 7. The Kier molecular flexibility index (Phi) is 6.17. The minimum absolute atomic E-state index is 0.344. The second-order valence-corrected chi connectivity index (χ2v) is 8.81. The zero-order valence-electron chi connectivity index (χ0n) is 14.0. The quantitative estimate of drug-likeness (QED) is 0.404. The molecule has 3 rings (SSSR count). The molecule has 1 fully saturated rings. The highest BCUT2D eigenvalue weighted by atomic mass is 79.9. The van der Waals surface area contributed by atoms with E-state index < -0.39 is 0 Å². The molecule has 1 N–H and O–H groups in total. The number of benzene rings is 1. The zero-order valence-corrected chi connectivity index (χ0v) is 17.2. The molecule has 1 aliphatic heterocycles. The van der Waals surface area contributed by atoms with Crippen LogP contribution in [0.25, 0.3) is 0 Å². The van der Waals surface area contributed by atoms with Crippen LogP contribution in [-0.2, 0) is 15.1 Å². The van der Waals surface area contributed by atoms with Crippen LogP contribution in [0.2, 0.25) is 0 Å². The van der Waals surface area contributed by atoms with Crippen molar-refractivity contribution in [1.29, 1.82) is 0 Å². The van der Waals surface area contributed by atoms with Gasteiger partial charge in [0, 0.05) is 38.1 Å². The van der Waals surface area contributed by atoms with E-state index in [9.17, 15) is 0 Å². The summed E-state index contributed by atoms with van der Waals surface area (Å²) >= 11 is 6.90. The minimum Gasteiger partial charge on any atom is -0.411 e. The maximum absolute atomic E-state index is 8.85. The van der Waals surface area contributed by atoms with Gasteiger partial charge in [0.05, 0.1) is 9.92 Å². The Hall–Kier alpha value is -0.930. The van der Waals surface area contributed by atoms with Crippen LogP contribution in [0.3, 0.4) is 0 Å². The topological polar surface area (TPSA) is 63.9 Å². The molecule has 8 heteroatoms. The fourth-order valence-corrected chi connectivity index (χ4v) is 5.69. The zero-order chi connectivity index (χ0) is 17.9. The third kappa shape index (κ3) is 4.09. The van der Waals surface area contributed by atoms with E-state index in [1.54, 1.807) is 37.1 Å². The number of halogens is 1. The van der Waals surface area contributed by atoms with Crippen molar-refractivity contribution in [3.05, 3.63) is 39.4 Å². The summed E-state index contributed by atoms with van der Waals surface area (Å²) in [6.07, 6.45) is 1.64. The van der Waals surface area contributed by atoms with Gasteiger partial charge in [-0.2, -0.15) is 0 Å². The van der Waals surface area contributed by atoms with Crippen molar-refractivity contribution in [3.8, 4) is 0 Å². The third-order valence-electron chi connectivity index (χ3n) is 4.27. The van der Waals surface area contributed by atoms with Gasteiger partial charge in [-0.15, -0.1) is 11.3 Å². The molecule has 0 saturated carbocycles. The van der Waals surface area contributed by atoms with E-state index in [1.165, 1.54) is 0 Å². The number of methoxy groups -OCH3 is 1. The molecule has 1 saturated heterocycles. The summed E-state index contributed by atoms with van der Waals surface area (Å²) in [4.78, 5) is 5.81. The molecule has 0 bridgehead atoms. The number of oxime groups is 1. The second kappa shape index (κ2) is 8.18. The number of rotatable bonds is 5. The van der Waals surface area contributed by atoms with E-state index in [4.69, 9.17) is 19.7 Å². The fraction of sp³-hybridized carbons (Fsp3) is 0.412. The first-order chi connectivity index (χ1) is 12.1. The summed E-state index contributed by atoms with van der Waals surface area (Å²) in [5, 5.41) is 13.1. The van der Waals surface area contributed by atoms with Crippen molar-refractivity contribution in [1.82, 2.24) is 4.98 Å². The Morgan fingerprint density at radius 3 is 2.64 bits per heavy atom. The van der Waals surface area contributed by atoms with Gasteiger partial charge in [-0.05, 0) is 40.5 Å². The summed E-state index contributed by atoms with van der Waals surface area (Å²) in [6, 6.07) is 7.92. The van der Waals surface area contributed by atoms with Crippen molar-refractivity contribution >= 4 is 44.7 Å². The molecule has 0 radical (unpaired) electrons. The fourth-order valence-electron chi connectivity index (χ4n) is 2.68. The lowest BCUT2D eigenvalue weighted by atomic mass is 9.95. The molecular formula is C17H19BrN2O3S2. The van der Waals surface area contributed by atoms with E-state index in [0.717, 1.165) is 37.1 Å². The molecular weight excluding hydrogens is 424 g/mol. The SMILES string of the molecule is COC1(c2nc(Br)c(Sc3ccc(/C(C)=N/O)cc3)s2)CCOCC1. The van der Waals surface area contributed by atoms with Crippen molar-refractivity contribution in [2.24, 2.45) is 5.16 Å². The Bertz CT molecular complexity index is 756. The molecule has 1 aromatic carbocycles. The molecule has 1 aromatic heterocycles. The van der Waals surface area contributed by atoms with Crippen LogP contribution in [0.4, 0.5) is 0 Å². The van der Waals surface area contributed by atoms with Gasteiger partial charge < -0.3 is 14.7 Å². The predicted molar refractivity (Wildman–Crippen MR) is 103 cm³/mol. The number of ether oxygens (including phenoxy) is 2. The van der Waals surface area contributed by atoms with E-state index in [0.29, 0.717) is 18.9 Å². The smallest absolute Gasteiger partial charge is 0.131 e. The van der Waals surface area contributed by atoms with E-state index in [2.05, 4.69) is 21.1 Å². The summed E-state index contributed by atoms with van der Waals surface area (Å²) in [5.74, 6) is 0. The molecule has 25 heavy (non-hydrogen) atoms. The highest BCUT2D eigenvalue weighted by molar-refractivity contribution is 9.10. The van der Waals surface area contributed by atoms with Gasteiger partial charge in [0.1, 0.15) is 15.2 Å². The Labute approximate surface area is 163 Å². The standard InChI is InChI=1S/C17H19BrN2O3S2/c1-11(20-21)12-3-5-13(6-4-12)24-15-14(18)19-16(25-15)17(22-2)7-9-23-10-8-17/h3-6,21H,7-10H2,1-2H3/b20-11+. The van der Waals surface area contributed by atoms with Crippen molar-refractivity contribution < 1.29 is 14.7 Å². The average Bonchev–Trinajstić information content (AvgIpc) is 3.03. The lowest BCUT2D eigenvalue weighted by Gasteiger charge is -2.33.